The van der Waals surface area contributed by atoms with Gasteiger partial charge in [-0.15, -0.1) is 0 Å². The van der Waals surface area contributed by atoms with Crippen molar-refractivity contribution < 1.29 is 49.8 Å². The number of hydrogen-bond acceptors (Lipinski definition) is 3. The Labute approximate surface area is 236 Å². The van der Waals surface area contributed by atoms with Gasteiger partial charge in [-0.05, 0) is 36.6 Å². The number of alkyl halides is 3. The predicted octanol–water partition coefficient (Wildman–Crippen LogP) is 9.16. The number of ether oxygens (including phenoxy) is 1. The molecule has 0 saturated carbocycles. The van der Waals surface area contributed by atoms with Crippen LogP contribution in [0.1, 0.15) is 127 Å². The van der Waals surface area contributed by atoms with Gasteiger partial charge in [-0.25, -0.2) is 4.39 Å². The zero-order chi connectivity index (χ0) is 26.5. The first-order valence-electron chi connectivity index (χ1n) is 13.8. The number of aliphatic hydroxyl groups is 1. The van der Waals surface area contributed by atoms with Crippen LogP contribution < -0.4 is 0 Å². The molecule has 1 N–H and O–H groups in total. The minimum Gasteiger partial charge on any atom is -0.394 e. The summed E-state index contributed by atoms with van der Waals surface area (Å²) in [7, 11) is 0. The first kappa shape index (κ1) is 36.1. The normalized spacial score (nSPS) is 12.2. The molecule has 0 aliphatic rings. The fourth-order valence-electron chi connectivity index (χ4n) is 4.41. The van der Waals surface area contributed by atoms with E-state index < -0.39 is 18.4 Å². The second-order valence-corrected chi connectivity index (χ2v) is 9.89. The fourth-order valence-corrected chi connectivity index (χ4v) is 4.41. The number of halogens is 4. The molecule has 1 aromatic carbocycles. The Morgan fingerprint density at radius 2 is 1.22 bits per heavy atom. The number of aliphatic hydroxyl groups excluding tert-OH is 1. The first-order valence-corrected chi connectivity index (χ1v) is 13.8. The summed E-state index contributed by atoms with van der Waals surface area (Å²) in [5.41, 5.74) is 0.867. The Bertz CT molecular complexity index is 725. The number of nitriles is 1. The standard InChI is InChI=1S/C29H45F4NO2.Ta/c30-27-20-25(22-34)19-26(21-27)24-36-28(23-35)17-15-13-11-9-7-5-3-1-2-4-6-8-10-12-14-16-18-29(31,32)33;/h19-21,28,35H,1-18,23-24H2;. The molecule has 37 heavy (non-hydrogen) atoms. The van der Waals surface area contributed by atoms with Gasteiger partial charge < -0.3 is 9.84 Å². The molecule has 1 rings (SSSR count). The Kier molecular flexibility index (Phi) is 22.5. The van der Waals surface area contributed by atoms with E-state index in [2.05, 4.69) is 0 Å². The minimum atomic E-state index is -4.00. The monoisotopic (exact) mass is 696 g/mol. The quantitative estimate of drug-likeness (QED) is 0.0973. The molecule has 1 unspecified atom stereocenters. The van der Waals surface area contributed by atoms with Crippen LogP contribution in [0.4, 0.5) is 17.6 Å². The van der Waals surface area contributed by atoms with Crippen LogP contribution in [0, 0.1) is 17.1 Å². The molecule has 0 spiro atoms. The van der Waals surface area contributed by atoms with Gasteiger partial charge in [0, 0.05) is 28.8 Å². The van der Waals surface area contributed by atoms with Gasteiger partial charge in [0.25, 0.3) is 0 Å². The van der Waals surface area contributed by atoms with Crippen molar-refractivity contribution in [3.8, 4) is 6.07 Å². The molecule has 211 valence electrons. The zero-order valence-electron chi connectivity index (χ0n) is 22.2. The van der Waals surface area contributed by atoms with Crippen LogP contribution in [-0.4, -0.2) is 24.0 Å². The maximum atomic E-state index is 13.5. The van der Waals surface area contributed by atoms with Gasteiger partial charge in [-0.2, -0.15) is 18.4 Å². The van der Waals surface area contributed by atoms with Gasteiger partial charge in [0.2, 0.25) is 0 Å². The third-order valence-corrected chi connectivity index (χ3v) is 6.51. The molecule has 0 aliphatic carbocycles. The summed E-state index contributed by atoms with van der Waals surface area (Å²) in [5.74, 6) is -0.456. The van der Waals surface area contributed by atoms with Gasteiger partial charge in [0.15, 0.2) is 0 Å². The van der Waals surface area contributed by atoms with Crippen molar-refractivity contribution in [3.63, 3.8) is 0 Å². The third kappa shape index (κ3) is 21.7. The van der Waals surface area contributed by atoms with E-state index in [1.54, 1.807) is 6.07 Å². The number of benzene rings is 1. The zero-order valence-corrected chi connectivity index (χ0v) is 25.4. The average Bonchev–Trinajstić information content (AvgIpc) is 2.84. The van der Waals surface area contributed by atoms with Crippen LogP contribution in [0.2, 0.25) is 0 Å². The van der Waals surface area contributed by atoms with Crippen molar-refractivity contribution in [1.29, 1.82) is 5.26 Å². The van der Waals surface area contributed by atoms with Crippen molar-refractivity contribution >= 4 is 0 Å². The van der Waals surface area contributed by atoms with E-state index >= 15 is 0 Å². The van der Waals surface area contributed by atoms with Gasteiger partial charge in [0.05, 0.1) is 31.0 Å². The van der Waals surface area contributed by atoms with Crippen LogP contribution in [-0.2, 0) is 33.7 Å². The largest absolute Gasteiger partial charge is 0.394 e. The molecule has 8 heteroatoms. The van der Waals surface area contributed by atoms with Crippen LogP contribution in [0.25, 0.3) is 0 Å². The third-order valence-electron chi connectivity index (χ3n) is 6.51. The topological polar surface area (TPSA) is 53.2 Å². The Hall–Kier alpha value is -0.910. The molecule has 0 saturated heterocycles. The van der Waals surface area contributed by atoms with Crippen LogP contribution >= 0.6 is 0 Å². The first-order chi connectivity index (χ1) is 17.3. The molecule has 0 aliphatic heterocycles. The van der Waals surface area contributed by atoms with E-state index in [-0.39, 0.29) is 53.7 Å². The van der Waals surface area contributed by atoms with Crippen molar-refractivity contribution in [2.75, 3.05) is 6.61 Å². The average molecular weight is 697 g/mol. The molecule has 1 atom stereocenters. The molecule has 0 fully saturated rings. The summed E-state index contributed by atoms with van der Waals surface area (Å²) in [5, 5.41) is 18.5. The molecular formula is C29H45F4NO2Ta. The molecular weight excluding hydrogens is 651 g/mol. The number of hydrogen-bond donors (Lipinski definition) is 1. The van der Waals surface area contributed by atoms with E-state index in [4.69, 9.17) is 10.00 Å². The minimum absolute atomic E-state index is 0. The molecule has 0 amide bonds. The van der Waals surface area contributed by atoms with E-state index in [0.29, 0.717) is 12.0 Å². The maximum absolute atomic E-state index is 13.5. The summed E-state index contributed by atoms with van der Waals surface area (Å²) >= 11 is 0. The predicted molar refractivity (Wildman–Crippen MR) is 136 cm³/mol. The van der Waals surface area contributed by atoms with Gasteiger partial charge >= 0.3 is 6.18 Å². The number of rotatable bonds is 22. The molecule has 0 bridgehead atoms. The van der Waals surface area contributed by atoms with Crippen LogP contribution in [0.15, 0.2) is 18.2 Å². The van der Waals surface area contributed by atoms with E-state index in [1.807, 2.05) is 6.07 Å². The maximum Gasteiger partial charge on any atom is 0.389 e. The van der Waals surface area contributed by atoms with Crippen LogP contribution in [0.3, 0.4) is 0 Å². The molecule has 3 nitrogen and oxygen atoms in total. The second-order valence-electron chi connectivity index (χ2n) is 9.89. The van der Waals surface area contributed by atoms with Gasteiger partial charge in [0.1, 0.15) is 5.82 Å². The SMILES string of the molecule is N#Cc1cc(F)cc(COC(CO)CCCCCCCCCCCCCCCCCCC(F)(F)F)c1.[Ta]. The second kappa shape index (κ2) is 23.0. The Morgan fingerprint density at radius 3 is 1.65 bits per heavy atom. The molecule has 0 aromatic heterocycles. The fraction of sp³-hybridized carbons (Fsp3) is 0.759. The smallest absolute Gasteiger partial charge is 0.389 e. The van der Waals surface area contributed by atoms with Crippen molar-refractivity contribution in [3.05, 3.63) is 35.1 Å². The Balaban J connectivity index is 0.0000130. The summed E-state index contributed by atoms with van der Waals surface area (Å²) < 4.78 is 55.4. The van der Waals surface area contributed by atoms with Crippen molar-refractivity contribution in [2.24, 2.45) is 0 Å². The van der Waals surface area contributed by atoms with Crippen molar-refractivity contribution in [1.82, 2.24) is 0 Å². The van der Waals surface area contributed by atoms with E-state index in [1.165, 1.54) is 69.9 Å². The molecule has 1 radical (unpaired) electrons. The Morgan fingerprint density at radius 1 is 0.757 bits per heavy atom. The summed E-state index contributed by atoms with van der Waals surface area (Å²) in [6.07, 6.45) is 13.1. The summed E-state index contributed by atoms with van der Waals surface area (Å²) in [6.45, 7) is 0.116. The molecule has 0 heterocycles. The van der Waals surface area contributed by atoms with Crippen molar-refractivity contribution in [2.45, 2.75) is 134 Å². The summed E-state index contributed by atoms with van der Waals surface area (Å²) in [4.78, 5) is 0. The van der Waals surface area contributed by atoms with Gasteiger partial charge in [-0.3, -0.25) is 0 Å². The van der Waals surface area contributed by atoms with E-state index in [0.717, 1.165) is 38.5 Å². The van der Waals surface area contributed by atoms with Gasteiger partial charge in [-0.1, -0.05) is 96.3 Å². The van der Waals surface area contributed by atoms with Crippen LogP contribution in [0.5, 0.6) is 0 Å². The summed E-state index contributed by atoms with van der Waals surface area (Å²) in [6, 6.07) is 6.08. The molecule has 1 aromatic rings. The number of unbranched alkanes of at least 4 members (excludes halogenated alkanes) is 15. The number of nitrogens with zero attached hydrogens (tertiary/aromatic N) is 1. The van der Waals surface area contributed by atoms with E-state index in [9.17, 15) is 22.7 Å².